The molecule has 1 aliphatic carbocycles. The SMILES string of the molecule is NN1C(=O)OC2CC21. The van der Waals surface area contributed by atoms with Crippen molar-refractivity contribution in [1.29, 1.82) is 0 Å². The van der Waals surface area contributed by atoms with Gasteiger partial charge in [0.25, 0.3) is 0 Å². The summed E-state index contributed by atoms with van der Waals surface area (Å²) in [6, 6.07) is 0.197. The summed E-state index contributed by atoms with van der Waals surface area (Å²) in [5, 5.41) is 1.16. The zero-order valence-electron chi connectivity index (χ0n) is 4.20. The summed E-state index contributed by atoms with van der Waals surface area (Å²) in [6.45, 7) is 0. The van der Waals surface area contributed by atoms with E-state index in [-0.39, 0.29) is 18.2 Å². The first-order valence-corrected chi connectivity index (χ1v) is 2.53. The molecule has 2 N–H and O–H groups in total. The highest BCUT2D eigenvalue weighted by Gasteiger charge is 2.53. The summed E-state index contributed by atoms with van der Waals surface area (Å²) in [5.41, 5.74) is 0. The first-order valence-electron chi connectivity index (χ1n) is 2.53. The van der Waals surface area contributed by atoms with E-state index >= 15 is 0 Å². The minimum Gasteiger partial charge on any atom is -0.443 e. The third-order valence-electron chi connectivity index (χ3n) is 1.52. The Bertz CT molecular complexity index is 147. The van der Waals surface area contributed by atoms with Crippen molar-refractivity contribution in [2.75, 3.05) is 0 Å². The van der Waals surface area contributed by atoms with E-state index in [4.69, 9.17) is 10.6 Å². The van der Waals surface area contributed by atoms with E-state index in [2.05, 4.69) is 0 Å². The number of carbonyl (C=O) groups excluding carboxylic acids is 1. The van der Waals surface area contributed by atoms with Gasteiger partial charge in [-0.25, -0.2) is 15.6 Å². The number of nitrogens with zero attached hydrogens (tertiary/aromatic N) is 1. The van der Waals surface area contributed by atoms with Crippen molar-refractivity contribution in [2.24, 2.45) is 5.84 Å². The number of hydrogen-bond donors (Lipinski definition) is 1. The Morgan fingerprint density at radius 3 is 2.88 bits per heavy atom. The van der Waals surface area contributed by atoms with Crippen LogP contribution in [-0.4, -0.2) is 23.2 Å². The Morgan fingerprint density at radius 1 is 1.88 bits per heavy atom. The van der Waals surface area contributed by atoms with Gasteiger partial charge in [0.2, 0.25) is 0 Å². The van der Waals surface area contributed by atoms with Crippen molar-refractivity contribution in [2.45, 2.75) is 18.6 Å². The molecule has 44 valence electrons. The van der Waals surface area contributed by atoms with E-state index in [0.717, 1.165) is 11.4 Å². The lowest BCUT2D eigenvalue weighted by Crippen LogP contribution is -2.34. The molecule has 1 saturated carbocycles. The average Bonchev–Trinajstić information content (AvgIpc) is 2.39. The number of amides is 1. The maximum atomic E-state index is 10.4. The Hall–Kier alpha value is -0.770. The third-order valence-corrected chi connectivity index (χ3v) is 1.52. The lowest BCUT2D eigenvalue weighted by atomic mass is 10.7. The quantitative estimate of drug-likeness (QED) is 0.339. The minimum absolute atomic E-state index is 0.118. The van der Waals surface area contributed by atoms with Crippen LogP contribution in [0.2, 0.25) is 0 Å². The number of hydrogen-bond acceptors (Lipinski definition) is 3. The molecule has 0 spiro atoms. The average molecular weight is 114 g/mol. The van der Waals surface area contributed by atoms with Gasteiger partial charge in [-0.3, -0.25) is 0 Å². The summed E-state index contributed by atoms with van der Waals surface area (Å²) in [6.07, 6.45) is 0.654. The molecule has 2 unspecified atom stereocenters. The number of hydrazine groups is 1. The maximum Gasteiger partial charge on any atom is 0.424 e. The summed E-state index contributed by atoms with van der Waals surface area (Å²) < 4.78 is 4.71. The predicted octanol–water partition coefficient (Wildman–Crippen LogP) is -0.547. The Kier molecular flexibility index (Phi) is 0.504. The predicted molar refractivity (Wildman–Crippen MR) is 24.7 cm³/mol. The second-order valence-electron chi connectivity index (χ2n) is 2.13. The van der Waals surface area contributed by atoms with E-state index in [1.807, 2.05) is 0 Å². The maximum absolute atomic E-state index is 10.4. The van der Waals surface area contributed by atoms with Gasteiger partial charge in [-0.1, -0.05) is 0 Å². The van der Waals surface area contributed by atoms with Crippen LogP contribution in [0, 0.1) is 0 Å². The highest BCUT2D eigenvalue weighted by molar-refractivity contribution is 5.71. The van der Waals surface area contributed by atoms with E-state index in [0.29, 0.717) is 0 Å². The molecule has 2 aliphatic rings. The normalized spacial score (nSPS) is 41.6. The Balaban J connectivity index is 2.19. The number of rotatable bonds is 0. The minimum atomic E-state index is -0.383. The summed E-state index contributed by atoms with van der Waals surface area (Å²) in [7, 11) is 0. The van der Waals surface area contributed by atoms with Gasteiger partial charge in [0.15, 0.2) is 0 Å². The van der Waals surface area contributed by atoms with Crippen LogP contribution < -0.4 is 5.84 Å². The van der Waals surface area contributed by atoms with Gasteiger partial charge in [0, 0.05) is 6.42 Å². The van der Waals surface area contributed by atoms with Crippen LogP contribution in [0.5, 0.6) is 0 Å². The van der Waals surface area contributed by atoms with E-state index in [1.165, 1.54) is 0 Å². The number of fused-ring (bicyclic) bond motifs is 1. The lowest BCUT2D eigenvalue weighted by molar-refractivity contribution is 0.135. The molecule has 0 aromatic rings. The molecule has 2 fully saturated rings. The molecular formula is C4H6N2O2. The molecule has 1 amide bonds. The largest absolute Gasteiger partial charge is 0.443 e. The van der Waals surface area contributed by atoms with Crippen molar-refractivity contribution in [3.05, 3.63) is 0 Å². The van der Waals surface area contributed by atoms with Crippen molar-refractivity contribution < 1.29 is 9.53 Å². The Labute approximate surface area is 46.2 Å². The molecule has 2 atom stereocenters. The Morgan fingerprint density at radius 2 is 2.62 bits per heavy atom. The van der Waals surface area contributed by atoms with Gasteiger partial charge in [-0.05, 0) is 0 Å². The van der Waals surface area contributed by atoms with Gasteiger partial charge in [-0.15, -0.1) is 0 Å². The van der Waals surface area contributed by atoms with Gasteiger partial charge < -0.3 is 4.74 Å². The van der Waals surface area contributed by atoms with Crippen molar-refractivity contribution in [3.63, 3.8) is 0 Å². The second kappa shape index (κ2) is 0.974. The third kappa shape index (κ3) is 0.315. The first-order chi connectivity index (χ1) is 3.79. The summed E-state index contributed by atoms with van der Waals surface area (Å²) in [5.74, 6) is 5.22. The molecule has 0 aromatic carbocycles. The summed E-state index contributed by atoms with van der Waals surface area (Å²) in [4.78, 5) is 10.4. The fourth-order valence-electron chi connectivity index (χ4n) is 0.905. The van der Waals surface area contributed by atoms with Gasteiger partial charge in [-0.2, -0.15) is 0 Å². The molecule has 1 heterocycles. The summed E-state index contributed by atoms with van der Waals surface area (Å²) >= 11 is 0. The molecule has 0 radical (unpaired) electrons. The fourth-order valence-corrected chi connectivity index (χ4v) is 0.905. The van der Waals surface area contributed by atoms with Gasteiger partial charge >= 0.3 is 6.09 Å². The molecule has 0 bridgehead atoms. The topological polar surface area (TPSA) is 55.6 Å². The van der Waals surface area contributed by atoms with E-state index in [9.17, 15) is 4.79 Å². The number of nitrogens with two attached hydrogens (primary N) is 1. The van der Waals surface area contributed by atoms with Crippen molar-refractivity contribution in [1.82, 2.24) is 5.01 Å². The van der Waals surface area contributed by atoms with Crippen LogP contribution in [0.1, 0.15) is 6.42 Å². The molecule has 2 rings (SSSR count). The van der Waals surface area contributed by atoms with Crippen LogP contribution in [0.15, 0.2) is 0 Å². The highest BCUT2D eigenvalue weighted by Crippen LogP contribution is 2.35. The van der Waals surface area contributed by atoms with Crippen molar-refractivity contribution >= 4 is 6.09 Å². The molecule has 1 aliphatic heterocycles. The zero-order valence-corrected chi connectivity index (χ0v) is 4.20. The first kappa shape index (κ1) is 4.14. The number of ether oxygens (including phenoxy) is 1. The molecule has 1 saturated heterocycles. The standard InChI is InChI=1S/C4H6N2O2/c5-6-2-1-3(2)8-4(6)7/h2-3H,1,5H2. The zero-order chi connectivity index (χ0) is 5.72. The van der Waals surface area contributed by atoms with E-state index < -0.39 is 0 Å². The van der Waals surface area contributed by atoms with Gasteiger partial charge in [0.05, 0.1) is 6.04 Å². The molecular weight excluding hydrogens is 108 g/mol. The van der Waals surface area contributed by atoms with Crippen LogP contribution in [0.4, 0.5) is 4.79 Å². The smallest absolute Gasteiger partial charge is 0.424 e. The van der Waals surface area contributed by atoms with Crippen LogP contribution in [0.25, 0.3) is 0 Å². The van der Waals surface area contributed by atoms with Crippen LogP contribution in [-0.2, 0) is 4.74 Å². The lowest BCUT2D eigenvalue weighted by Gasteiger charge is -2.04. The highest BCUT2D eigenvalue weighted by atomic mass is 16.6. The van der Waals surface area contributed by atoms with E-state index in [1.54, 1.807) is 0 Å². The van der Waals surface area contributed by atoms with Crippen LogP contribution in [0.3, 0.4) is 0 Å². The molecule has 4 heteroatoms. The van der Waals surface area contributed by atoms with Crippen LogP contribution >= 0.6 is 0 Å². The molecule has 4 nitrogen and oxygen atoms in total. The monoisotopic (exact) mass is 114 g/mol. The van der Waals surface area contributed by atoms with Crippen molar-refractivity contribution in [3.8, 4) is 0 Å². The second-order valence-corrected chi connectivity index (χ2v) is 2.13. The van der Waals surface area contributed by atoms with Gasteiger partial charge in [0.1, 0.15) is 6.10 Å². The molecule has 0 aromatic heterocycles. The molecule has 8 heavy (non-hydrogen) atoms. The fraction of sp³-hybridized carbons (Fsp3) is 0.750. The number of carbonyl (C=O) groups is 1.